The Balaban J connectivity index is 1.76. The maximum atomic E-state index is 12.2. The summed E-state index contributed by atoms with van der Waals surface area (Å²) in [6.07, 6.45) is 11.4. The van der Waals surface area contributed by atoms with Crippen molar-refractivity contribution in [1.82, 2.24) is 0 Å². The topological polar surface area (TPSA) is 244 Å². The van der Waals surface area contributed by atoms with Crippen molar-refractivity contribution in [3.63, 3.8) is 0 Å². The number of hydrogen-bond acceptors (Lipinski definition) is 11. The Labute approximate surface area is 342 Å². The largest absolute Gasteiger partial charge is 0.744 e. The van der Waals surface area contributed by atoms with Gasteiger partial charge in [-0.05, 0) is 88.4 Å². The molecule has 0 radical (unpaired) electrons. The molecule has 2 aromatic rings. The molecule has 0 spiro atoms. The molecule has 0 fully saturated rings. The van der Waals surface area contributed by atoms with Crippen LogP contribution in [0.3, 0.4) is 0 Å². The highest BCUT2D eigenvalue weighted by atomic mass is 32.2. The Hall–Kier alpha value is -3.56. The van der Waals surface area contributed by atoms with Crippen LogP contribution in [0.4, 0.5) is 11.4 Å². The number of carbonyl (C=O) groups is 1. The molecule has 0 saturated heterocycles. The highest BCUT2D eigenvalue weighted by molar-refractivity contribution is 7.86. The maximum Gasteiger partial charge on any atom is 0.294 e. The predicted molar refractivity (Wildman–Crippen MR) is 220 cm³/mol. The lowest BCUT2D eigenvalue weighted by atomic mass is 9.77. The molecule has 320 valence electrons. The number of Topliss-reactive ketones (excluding diaryl/α,β-unsaturated/α-hetero) is 1. The molecule has 1 unspecified atom stereocenters. The Bertz CT molecular complexity index is 2490. The number of ketones is 1. The molecule has 0 aliphatic carbocycles. The minimum atomic E-state index is -4.85. The van der Waals surface area contributed by atoms with Gasteiger partial charge in [-0.25, -0.2) is 8.42 Å². The van der Waals surface area contributed by atoms with Gasteiger partial charge in [0.05, 0.1) is 26.7 Å². The molecule has 3 N–H and O–H groups in total. The van der Waals surface area contributed by atoms with Gasteiger partial charge in [-0.3, -0.25) is 18.5 Å². The summed E-state index contributed by atoms with van der Waals surface area (Å²) in [5.41, 5.74) is 1.77. The first kappa shape index (κ1) is 47.1. The second-order valence-corrected chi connectivity index (χ2v) is 21.6. The van der Waals surface area contributed by atoms with Crippen LogP contribution < -0.4 is 4.90 Å². The van der Waals surface area contributed by atoms with Gasteiger partial charge < -0.3 is 9.45 Å². The molecular weight excluding hydrogens is 833 g/mol. The van der Waals surface area contributed by atoms with Crippen molar-refractivity contribution in [1.29, 1.82) is 0 Å². The average molecular weight is 885 g/mol. The molecule has 2 aromatic carbocycles. The van der Waals surface area contributed by atoms with Gasteiger partial charge in [-0.1, -0.05) is 38.5 Å². The maximum absolute atomic E-state index is 12.2. The number of nitrogens with zero attached hydrogens (tertiary/aromatic N) is 2. The van der Waals surface area contributed by atoms with E-state index >= 15 is 0 Å². The SMILES string of the molecule is CC(C)C(=O)CCCCCN1\C(=C/C=C/C=C/C2=[N+](CCCS(=O)(=O)O)c3ccc(S(=O)(=O)O)cc3C2(C)C)C(C)(CCCS(=O)(=O)O)c2cc(S(=O)(=O)[O-])ccc21. The van der Waals surface area contributed by atoms with Crippen LogP contribution in [0.25, 0.3) is 0 Å². The van der Waals surface area contributed by atoms with Crippen LogP contribution in [0.2, 0.25) is 0 Å². The van der Waals surface area contributed by atoms with Crippen molar-refractivity contribution < 1.29 is 61.3 Å². The number of allylic oxidation sites excluding steroid dienone is 6. The number of hydrogen-bond donors (Lipinski definition) is 3. The van der Waals surface area contributed by atoms with Crippen molar-refractivity contribution in [2.24, 2.45) is 5.92 Å². The van der Waals surface area contributed by atoms with Gasteiger partial charge in [0.2, 0.25) is 5.69 Å². The Kier molecular flexibility index (Phi) is 14.6. The van der Waals surface area contributed by atoms with E-state index in [1.807, 2.05) is 44.1 Å². The zero-order valence-corrected chi connectivity index (χ0v) is 36.4. The van der Waals surface area contributed by atoms with Crippen LogP contribution >= 0.6 is 0 Å². The van der Waals surface area contributed by atoms with E-state index in [0.717, 1.165) is 0 Å². The summed E-state index contributed by atoms with van der Waals surface area (Å²) in [5.74, 6) is -0.964. The standard InChI is InChI=1S/C39H52N2O13S4/c1-28(2)35(42)14-8-7-11-22-41-34-20-18-30(58(52,53)54)27-32(34)39(5,21-12-24-55(43,44)45)37(41)16-10-6-9-15-36-38(3,4)31-26-29(57(49,50)51)17-19-33(31)40(36)23-13-25-56(46,47)48/h6,9-10,15-20,26-28H,7-8,11-14,21-25H2,1-5H3,(H3-,43,44,45,46,47,48,49,50,51,52,53,54). The first-order valence-corrected chi connectivity index (χ1v) is 24.9. The quantitative estimate of drug-likeness (QED) is 0.0624. The first-order chi connectivity index (χ1) is 26.7. The van der Waals surface area contributed by atoms with E-state index < -0.39 is 67.7 Å². The highest BCUT2D eigenvalue weighted by Crippen LogP contribution is 2.51. The lowest BCUT2D eigenvalue weighted by Crippen LogP contribution is -2.30. The predicted octanol–water partition coefficient (Wildman–Crippen LogP) is 5.72. The van der Waals surface area contributed by atoms with Crippen molar-refractivity contribution in [2.75, 3.05) is 29.5 Å². The number of carbonyl (C=O) groups excluding carboxylic acids is 1. The fourth-order valence-corrected chi connectivity index (χ4v) is 9.66. The van der Waals surface area contributed by atoms with Crippen molar-refractivity contribution in [3.05, 3.63) is 83.6 Å². The third kappa shape index (κ3) is 11.6. The molecule has 15 nitrogen and oxygen atoms in total. The van der Waals surface area contributed by atoms with E-state index in [2.05, 4.69) is 0 Å². The van der Waals surface area contributed by atoms with E-state index in [0.29, 0.717) is 66.1 Å². The van der Waals surface area contributed by atoms with Gasteiger partial charge in [-0.2, -0.15) is 29.8 Å². The summed E-state index contributed by atoms with van der Waals surface area (Å²) in [4.78, 5) is 13.4. The molecule has 58 heavy (non-hydrogen) atoms. The van der Waals surface area contributed by atoms with E-state index in [1.165, 1.54) is 30.3 Å². The van der Waals surface area contributed by atoms with Crippen LogP contribution in [-0.2, 0) is 56.1 Å². The second kappa shape index (κ2) is 18.0. The van der Waals surface area contributed by atoms with Gasteiger partial charge >= 0.3 is 0 Å². The number of anilines is 1. The van der Waals surface area contributed by atoms with Crippen LogP contribution in [0, 0.1) is 5.92 Å². The molecule has 0 amide bonds. The Morgan fingerprint density at radius 1 is 0.793 bits per heavy atom. The van der Waals surface area contributed by atoms with Gasteiger partial charge in [0.15, 0.2) is 5.71 Å². The molecule has 19 heteroatoms. The summed E-state index contributed by atoms with van der Waals surface area (Å²) < 4.78 is 137. The first-order valence-electron chi connectivity index (χ1n) is 18.8. The van der Waals surface area contributed by atoms with Crippen LogP contribution in [0.1, 0.15) is 90.7 Å². The van der Waals surface area contributed by atoms with Crippen molar-refractivity contribution in [2.45, 2.75) is 100 Å². The van der Waals surface area contributed by atoms with E-state index in [-0.39, 0.29) is 42.4 Å². The van der Waals surface area contributed by atoms with E-state index in [1.54, 1.807) is 36.4 Å². The zero-order chi connectivity index (χ0) is 43.5. The highest BCUT2D eigenvalue weighted by Gasteiger charge is 2.45. The lowest BCUT2D eigenvalue weighted by molar-refractivity contribution is -0.437. The third-order valence-electron chi connectivity index (χ3n) is 10.7. The number of unbranched alkanes of at least 4 members (excludes halogenated alkanes) is 2. The Morgan fingerprint density at radius 3 is 2.02 bits per heavy atom. The summed E-state index contributed by atoms with van der Waals surface area (Å²) in [6.45, 7) is 9.79. The average Bonchev–Trinajstić information content (AvgIpc) is 3.44. The zero-order valence-electron chi connectivity index (χ0n) is 33.2. The van der Waals surface area contributed by atoms with Crippen molar-refractivity contribution in [3.8, 4) is 0 Å². The minimum absolute atomic E-state index is 0.00983. The molecule has 4 rings (SSSR count). The fourth-order valence-electron chi connectivity index (χ4n) is 7.65. The van der Waals surface area contributed by atoms with Crippen molar-refractivity contribution >= 4 is 63.3 Å². The fraction of sp³-hybridized carbons (Fsp3) is 0.487. The van der Waals surface area contributed by atoms with Crippen LogP contribution in [0.5, 0.6) is 0 Å². The Morgan fingerprint density at radius 2 is 1.41 bits per heavy atom. The van der Waals surface area contributed by atoms with Crippen LogP contribution in [-0.4, -0.2) is 92.5 Å². The van der Waals surface area contributed by atoms with Crippen LogP contribution in [0.15, 0.2) is 82.3 Å². The number of fused-ring (bicyclic) bond motifs is 2. The summed E-state index contributed by atoms with van der Waals surface area (Å²) in [6, 6.07) is 8.23. The van der Waals surface area contributed by atoms with E-state index in [9.17, 15) is 56.7 Å². The molecular formula is C39H52N2O13S4. The minimum Gasteiger partial charge on any atom is -0.744 e. The normalized spacial score (nSPS) is 19.3. The summed E-state index contributed by atoms with van der Waals surface area (Å²) >= 11 is 0. The molecule has 0 bridgehead atoms. The molecule has 1 atom stereocenters. The number of rotatable bonds is 20. The molecule has 0 saturated carbocycles. The van der Waals surface area contributed by atoms with Gasteiger partial charge in [0.25, 0.3) is 30.4 Å². The summed E-state index contributed by atoms with van der Waals surface area (Å²) in [5, 5.41) is 0. The lowest BCUT2D eigenvalue weighted by Gasteiger charge is -2.30. The second-order valence-electron chi connectivity index (χ2n) is 15.7. The van der Waals surface area contributed by atoms with Gasteiger partial charge in [0.1, 0.15) is 22.4 Å². The number of benzene rings is 2. The van der Waals surface area contributed by atoms with Gasteiger partial charge in [-0.15, -0.1) is 0 Å². The smallest absolute Gasteiger partial charge is 0.294 e. The molecule has 2 aliphatic heterocycles. The molecule has 2 heterocycles. The molecule has 0 aromatic heterocycles. The monoisotopic (exact) mass is 884 g/mol. The molecule has 2 aliphatic rings. The van der Waals surface area contributed by atoms with E-state index in [4.69, 9.17) is 0 Å². The third-order valence-corrected chi connectivity index (χ3v) is 14.0. The van der Waals surface area contributed by atoms with Gasteiger partial charge in [0, 0.05) is 59.8 Å². The summed E-state index contributed by atoms with van der Waals surface area (Å²) in [7, 11) is -18.0.